The van der Waals surface area contributed by atoms with Gasteiger partial charge in [-0.2, -0.15) is 0 Å². The number of aromatic carboxylic acids is 1. The summed E-state index contributed by atoms with van der Waals surface area (Å²) in [4.78, 5) is 25.9. The highest BCUT2D eigenvalue weighted by atomic mass is 16.4. The second kappa shape index (κ2) is 6.02. The Morgan fingerprint density at radius 3 is 2.27 bits per heavy atom. The summed E-state index contributed by atoms with van der Waals surface area (Å²) >= 11 is 0. The number of carboxylic acid groups (broad SMARTS) is 1. The number of para-hydroxylation sites is 1. The van der Waals surface area contributed by atoms with Gasteiger partial charge in [0, 0.05) is 12.1 Å². The Morgan fingerprint density at radius 2 is 1.64 bits per heavy atom. The van der Waals surface area contributed by atoms with E-state index in [1.54, 1.807) is 35.2 Å². The zero-order valence-electron chi connectivity index (χ0n) is 12.1. The van der Waals surface area contributed by atoms with Crippen molar-refractivity contribution >= 4 is 17.6 Å². The average molecular weight is 295 g/mol. The zero-order chi connectivity index (χ0) is 15.5. The Hall–Kier alpha value is -2.62. The van der Waals surface area contributed by atoms with Gasteiger partial charge in [-0.25, -0.2) is 4.79 Å². The molecule has 4 nitrogen and oxygen atoms in total. The van der Waals surface area contributed by atoms with E-state index in [4.69, 9.17) is 0 Å². The number of carbonyl (C=O) groups excluding carboxylic acids is 1. The van der Waals surface area contributed by atoms with Gasteiger partial charge >= 0.3 is 5.97 Å². The number of rotatable bonds is 5. The SMILES string of the molecule is O=C(O)c1ccccc1N(CC1CC1)C(=O)c1ccccc1. The molecule has 0 aliphatic heterocycles. The molecule has 2 aromatic rings. The second-order valence-corrected chi connectivity index (χ2v) is 5.55. The first kappa shape index (κ1) is 14.3. The molecular weight excluding hydrogens is 278 g/mol. The van der Waals surface area contributed by atoms with Gasteiger partial charge in [-0.15, -0.1) is 0 Å². The van der Waals surface area contributed by atoms with E-state index in [9.17, 15) is 14.7 Å². The number of anilines is 1. The standard InChI is InChI=1S/C18H17NO3/c20-17(14-6-2-1-3-7-14)19(12-13-10-11-13)16-9-5-4-8-15(16)18(21)22/h1-9,13H,10-12H2,(H,21,22). The highest BCUT2D eigenvalue weighted by Crippen LogP contribution is 2.33. The average Bonchev–Trinajstić information content (AvgIpc) is 3.37. The predicted molar refractivity (Wildman–Crippen MR) is 84.2 cm³/mol. The Labute approximate surface area is 129 Å². The fourth-order valence-electron chi connectivity index (χ4n) is 2.48. The predicted octanol–water partition coefficient (Wildman–Crippen LogP) is 3.44. The monoisotopic (exact) mass is 295 g/mol. The van der Waals surface area contributed by atoms with Gasteiger partial charge in [0.15, 0.2) is 0 Å². The third-order valence-corrected chi connectivity index (χ3v) is 3.83. The third kappa shape index (κ3) is 3.01. The van der Waals surface area contributed by atoms with Crippen LogP contribution >= 0.6 is 0 Å². The lowest BCUT2D eigenvalue weighted by molar-refractivity contribution is 0.0697. The van der Waals surface area contributed by atoms with E-state index in [0.29, 0.717) is 23.7 Å². The number of hydrogen-bond acceptors (Lipinski definition) is 2. The zero-order valence-corrected chi connectivity index (χ0v) is 12.1. The van der Waals surface area contributed by atoms with Gasteiger partial charge in [0.05, 0.1) is 11.3 Å². The lowest BCUT2D eigenvalue weighted by Gasteiger charge is -2.24. The van der Waals surface area contributed by atoms with E-state index < -0.39 is 5.97 Å². The number of carbonyl (C=O) groups is 2. The first-order chi connectivity index (χ1) is 10.7. The number of nitrogens with zero attached hydrogens (tertiary/aromatic N) is 1. The molecule has 1 N–H and O–H groups in total. The minimum absolute atomic E-state index is 0.152. The summed E-state index contributed by atoms with van der Waals surface area (Å²) in [5.74, 6) is -0.701. The molecule has 1 aliphatic rings. The topological polar surface area (TPSA) is 57.6 Å². The van der Waals surface area contributed by atoms with Crippen LogP contribution in [0.3, 0.4) is 0 Å². The molecule has 0 atom stereocenters. The van der Waals surface area contributed by atoms with Crippen molar-refractivity contribution in [2.24, 2.45) is 5.92 Å². The smallest absolute Gasteiger partial charge is 0.337 e. The summed E-state index contributed by atoms with van der Waals surface area (Å²) in [6.45, 7) is 0.567. The van der Waals surface area contributed by atoms with Crippen LogP contribution in [0, 0.1) is 5.92 Å². The molecule has 0 bridgehead atoms. The minimum Gasteiger partial charge on any atom is -0.478 e. The lowest BCUT2D eigenvalue weighted by Crippen LogP contribution is -2.34. The number of carboxylic acids is 1. The van der Waals surface area contributed by atoms with Gasteiger partial charge in [-0.3, -0.25) is 4.79 Å². The number of amides is 1. The highest BCUT2D eigenvalue weighted by molar-refractivity contribution is 6.09. The van der Waals surface area contributed by atoms with Crippen LogP contribution in [0.4, 0.5) is 5.69 Å². The number of hydrogen-bond donors (Lipinski definition) is 1. The van der Waals surface area contributed by atoms with Gasteiger partial charge in [0.25, 0.3) is 5.91 Å². The van der Waals surface area contributed by atoms with E-state index >= 15 is 0 Å². The summed E-state index contributed by atoms with van der Waals surface area (Å²) in [5, 5.41) is 9.38. The minimum atomic E-state index is -1.02. The quantitative estimate of drug-likeness (QED) is 0.919. The Morgan fingerprint density at radius 1 is 1.00 bits per heavy atom. The van der Waals surface area contributed by atoms with E-state index in [2.05, 4.69) is 0 Å². The molecule has 2 aromatic carbocycles. The molecular formula is C18H17NO3. The molecule has 0 radical (unpaired) electrons. The first-order valence-electron chi connectivity index (χ1n) is 7.36. The lowest BCUT2D eigenvalue weighted by atomic mass is 10.1. The normalized spacial score (nSPS) is 13.6. The van der Waals surface area contributed by atoms with Crippen molar-refractivity contribution < 1.29 is 14.7 Å². The van der Waals surface area contributed by atoms with Gasteiger partial charge in [-0.1, -0.05) is 30.3 Å². The fourth-order valence-corrected chi connectivity index (χ4v) is 2.48. The molecule has 0 aromatic heterocycles. The molecule has 1 fully saturated rings. The number of benzene rings is 2. The summed E-state index contributed by atoms with van der Waals surface area (Å²) in [5.41, 5.74) is 1.20. The van der Waals surface area contributed by atoms with Crippen LogP contribution in [-0.2, 0) is 0 Å². The van der Waals surface area contributed by atoms with E-state index in [1.165, 1.54) is 6.07 Å². The fraction of sp³-hybridized carbons (Fsp3) is 0.222. The molecule has 0 spiro atoms. The summed E-state index contributed by atoms with van der Waals surface area (Å²) < 4.78 is 0. The molecule has 0 heterocycles. The van der Waals surface area contributed by atoms with Crippen LogP contribution in [0.15, 0.2) is 54.6 Å². The molecule has 3 rings (SSSR count). The molecule has 112 valence electrons. The van der Waals surface area contributed by atoms with Gasteiger partial charge in [0.1, 0.15) is 0 Å². The summed E-state index contributed by atoms with van der Waals surface area (Å²) in [6.07, 6.45) is 2.18. The second-order valence-electron chi connectivity index (χ2n) is 5.55. The van der Waals surface area contributed by atoms with Crippen LogP contribution in [0.2, 0.25) is 0 Å². The molecule has 1 aliphatic carbocycles. The van der Waals surface area contributed by atoms with Crippen LogP contribution in [0.25, 0.3) is 0 Å². The van der Waals surface area contributed by atoms with E-state index in [1.807, 2.05) is 18.2 Å². The largest absolute Gasteiger partial charge is 0.478 e. The Bertz CT molecular complexity index is 692. The van der Waals surface area contributed by atoms with Crippen LogP contribution in [-0.4, -0.2) is 23.5 Å². The molecule has 1 amide bonds. The van der Waals surface area contributed by atoms with E-state index in [0.717, 1.165) is 12.8 Å². The third-order valence-electron chi connectivity index (χ3n) is 3.83. The van der Waals surface area contributed by atoms with Crippen molar-refractivity contribution in [2.75, 3.05) is 11.4 Å². The summed E-state index contributed by atoms with van der Waals surface area (Å²) in [7, 11) is 0. The van der Waals surface area contributed by atoms with E-state index in [-0.39, 0.29) is 11.5 Å². The first-order valence-corrected chi connectivity index (χ1v) is 7.36. The molecule has 4 heteroatoms. The van der Waals surface area contributed by atoms with Crippen molar-refractivity contribution in [3.05, 3.63) is 65.7 Å². The van der Waals surface area contributed by atoms with Gasteiger partial charge in [0.2, 0.25) is 0 Å². The van der Waals surface area contributed by atoms with Crippen LogP contribution in [0.1, 0.15) is 33.6 Å². The van der Waals surface area contributed by atoms with Crippen molar-refractivity contribution in [3.8, 4) is 0 Å². The van der Waals surface area contributed by atoms with Gasteiger partial charge < -0.3 is 10.0 Å². The summed E-state index contributed by atoms with van der Waals surface area (Å²) in [6, 6.07) is 15.7. The molecule has 22 heavy (non-hydrogen) atoms. The molecule has 1 saturated carbocycles. The van der Waals surface area contributed by atoms with Crippen molar-refractivity contribution in [1.82, 2.24) is 0 Å². The molecule has 0 unspecified atom stereocenters. The Kier molecular flexibility index (Phi) is 3.92. The maximum Gasteiger partial charge on any atom is 0.337 e. The molecule has 0 saturated heterocycles. The van der Waals surface area contributed by atoms with Crippen LogP contribution in [0.5, 0.6) is 0 Å². The van der Waals surface area contributed by atoms with Crippen molar-refractivity contribution in [1.29, 1.82) is 0 Å². The van der Waals surface area contributed by atoms with Crippen molar-refractivity contribution in [2.45, 2.75) is 12.8 Å². The Balaban J connectivity index is 2.00. The van der Waals surface area contributed by atoms with Gasteiger partial charge in [-0.05, 0) is 43.0 Å². The van der Waals surface area contributed by atoms with Crippen LogP contribution < -0.4 is 4.90 Å². The maximum atomic E-state index is 12.8. The highest BCUT2D eigenvalue weighted by Gasteiger charge is 2.30. The maximum absolute atomic E-state index is 12.8. The van der Waals surface area contributed by atoms with Crippen molar-refractivity contribution in [3.63, 3.8) is 0 Å².